The average molecular weight is 337 g/mol. The van der Waals surface area contributed by atoms with Gasteiger partial charge in [-0.2, -0.15) is 5.26 Å². The molecule has 0 aliphatic carbocycles. The van der Waals surface area contributed by atoms with Gasteiger partial charge in [0, 0.05) is 42.2 Å². The van der Waals surface area contributed by atoms with Crippen molar-refractivity contribution in [1.29, 1.82) is 5.26 Å². The summed E-state index contributed by atoms with van der Waals surface area (Å²) < 4.78 is 0. The third-order valence-electron chi connectivity index (χ3n) is 4.99. The molecular weight excluding hydrogens is 318 g/mol. The molecule has 2 aliphatic heterocycles. The number of carbonyl (C=O) groups is 1. The fraction of sp³-hybridized carbons (Fsp3) is 0.368. The Morgan fingerprint density at radius 1 is 1.21 bits per heavy atom. The fourth-order valence-corrected chi connectivity index (χ4v) is 4.69. The lowest BCUT2D eigenvalue weighted by molar-refractivity contribution is 0.0407. The number of amides is 1. The molecule has 5 heteroatoms. The van der Waals surface area contributed by atoms with E-state index in [2.05, 4.69) is 33.4 Å². The molecule has 1 aromatic heterocycles. The van der Waals surface area contributed by atoms with E-state index in [9.17, 15) is 4.79 Å². The van der Waals surface area contributed by atoms with Crippen LogP contribution in [0.1, 0.15) is 33.6 Å². The molecule has 2 bridgehead atoms. The molecule has 2 aromatic rings. The van der Waals surface area contributed by atoms with Gasteiger partial charge in [-0.05, 0) is 42.5 Å². The average Bonchev–Trinajstić information content (AvgIpc) is 3.20. The minimum Gasteiger partial charge on any atom is -0.330 e. The monoisotopic (exact) mass is 337 g/mol. The van der Waals surface area contributed by atoms with Gasteiger partial charge in [-0.1, -0.05) is 12.1 Å². The van der Waals surface area contributed by atoms with Crippen LogP contribution >= 0.6 is 11.3 Å². The first-order valence-electron chi connectivity index (χ1n) is 8.32. The van der Waals surface area contributed by atoms with E-state index >= 15 is 0 Å². The smallest absolute Gasteiger partial charge is 0.254 e. The molecule has 4 rings (SSSR count). The summed E-state index contributed by atoms with van der Waals surface area (Å²) in [5.74, 6) is 0.0790. The van der Waals surface area contributed by atoms with Crippen molar-refractivity contribution < 1.29 is 4.79 Å². The number of thiophene rings is 1. The maximum Gasteiger partial charge on any atom is 0.254 e. The molecule has 122 valence electrons. The predicted molar refractivity (Wildman–Crippen MR) is 93.7 cm³/mol. The molecule has 0 radical (unpaired) electrons. The first-order valence-corrected chi connectivity index (χ1v) is 9.20. The standard InChI is InChI=1S/C19H19N3OS/c20-10-14-3-1-4-15(9-14)19(23)22-16-6-7-17(22)12-21(11-16)13-18-5-2-8-24-18/h1-5,8-9,16-17H,6-7,11-13H2. The van der Waals surface area contributed by atoms with Gasteiger partial charge in [-0.3, -0.25) is 9.69 Å². The van der Waals surface area contributed by atoms with Crippen molar-refractivity contribution in [2.45, 2.75) is 31.5 Å². The highest BCUT2D eigenvalue weighted by Gasteiger charge is 2.42. The lowest BCUT2D eigenvalue weighted by atomic mass is 10.1. The SMILES string of the molecule is N#Cc1cccc(C(=O)N2C3CCC2CN(Cc2cccs2)C3)c1. The van der Waals surface area contributed by atoms with Crippen molar-refractivity contribution in [3.05, 3.63) is 57.8 Å². The van der Waals surface area contributed by atoms with Crippen molar-refractivity contribution in [1.82, 2.24) is 9.80 Å². The third kappa shape index (κ3) is 2.83. The van der Waals surface area contributed by atoms with Gasteiger partial charge in [-0.25, -0.2) is 0 Å². The fourth-order valence-electron chi connectivity index (χ4n) is 3.94. The second kappa shape index (κ2) is 6.39. The van der Waals surface area contributed by atoms with Crippen LogP contribution < -0.4 is 0 Å². The first kappa shape index (κ1) is 15.4. The summed E-state index contributed by atoms with van der Waals surface area (Å²) in [5, 5.41) is 11.2. The lowest BCUT2D eigenvalue weighted by Gasteiger charge is -2.41. The van der Waals surface area contributed by atoms with Crippen molar-refractivity contribution in [2.75, 3.05) is 13.1 Å². The van der Waals surface area contributed by atoms with Gasteiger partial charge in [0.15, 0.2) is 0 Å². The van der Waals surface area contributed by atoms with Crippen LogP contribution in [0.25, 0.3) is 0 Å². The Bertz CT molecular complexity index is 766. The molecule has 0 saturated carbocycles. The second-order valence-electron chi connectivity index (χ2n) is 6.56. The van der Waals surface area contributed by atoms with E-state index in [0.717, 1.165) is 32.5 Å². The number of hydrogen-bond acceptors (Lipinski definition) is 4. The zero-order valence-corrected chi connectivity index (χ0v) is 14.2. The molecular formula is C19H19N3OS. The third-order valence-corrected chi connectivity index (χ3v) is 5.85. The Balaban J connectivity index is 1.50. The molecule has 2 fully saturated rings. The molecule has 24 heavy (non-hydrogen) atoms. The van der Waals surface area contributed by atoms with E-state index in [4.69, 9.17) is 5.26 Å². The quantitative estimate of drug-likeness (QED) is 0.864. The summed E-state index contributed by atoms with van der Waals surface area (Å²) in [6, 6.07) is 14.0. The number of carbonyl (C=O) groups excluding carboxylic acids is 1. The first-order chi connectivity index (χ1) is 11.7. The Hall–Kier alpha value is -2.16. The summed E-state index contributed by atoms with van der Waals surface area (Å²) in [4.78, 5) is 18.9. The summed E-state index contributed by atoms with van der Waals surface area (Å²) >= 11 is 1.79. The van der Waals surface area contributed by atoms with E-state index in [-0.39, 0.29) is 5.91 Å². The topological polar surface area (TPSA) is 47.3 Å². The zero-order valence-electron chi connectivity index (χ0n) is 13.4. The number of piperazine rings is 1. The van der Waals surface area contributed by atoms with Crippen LogP contribution in [0.2, 0.25) is 0 Å². The van der Waals surface area contributed by atoms with Gasteiger partial charge in [0.25, 0.3) is 5.91 Å². The minimum atomic E-state index is 0.0790. The number of likely N-dealkylation sites (tertiary alicyclic amines) is 1. The van der Waals surface area contributed by atoms with Crippen molar-refractivity contribution in [2.24, 2.45) is 0 Å². The maximum atomic E-state index is 13.0. The zero-order chi connectivity index (χ0) is 16.5. The van der Waals surface area contributed by atoms with Gasteiger partial charge in [-0.15, -0.1) is 11.3 Å². The van der Waals surface area contributed by atoms with Crippen molar-refractivity contribution in [3.63, 3.8) is 0 Å². The van der Waals surface area contributed by atoms with E-state index in [1.807, 2.05) is 6.07 Å². The maximum absolute atomic E-state index is 13.0. The molecule has 3 heterocycles. The van der Waals surface area contributed by atoms with Gasteiger partial charge in [0.05, 0.1) is 11.6 Å². The van der Waals surface area contributed by atoms with E-state index in [0.29, 0.717) is 23.2 Å². The van der Waals surface area contributed by atoms with Crippen LogP contribution in [0.3, 0.4) is 0 Å². The van der Waals surface area contributed by atoms with E-state index in [1.54, 1.807) is 29.5 Å². The number of fused-ring (bicyclic) bond motifs is 2. The van der Waals surface area contributed by atoms with Crippen molar-refractivity contribution in [3.8, 4) is 6.07 Å². The molecule has 0 N–H and O–H groups in total. The van der Waals surface area contributed by atoms with E-state index < -0.39 is 0 Å². The number of benzene rings is 1. The number of nitrogens with zero attached hydrogens (tertiary/aromatic N) is 3. The van der Waals surface area contributed by atoms with Crippen LogP contribution in [0.15, 0.2) is 41.8 Å². The molecule has 1 aromatic carbocycles. The highest BCUT2D eigenvalue weighted by Crippen LogP contribution is 2.32. The summed E-state index contributed by atoms with van der Waals surface area (Å²) in [5.41, 5.74) is 1.18. The van der Waals surface area contributed by atoms with Gasteiger partial charge >= 0.3 is 0 Å². The number of nitriles is 1. The minimum absolute atomic E-state index is 0.0790. The van der Waals surface area contributed by atoms with Crippen LogP contribution in [-0.4, -0.2) is 40.9 Å². The van der Waals surface area contributed by atoms with Gasteiger partial charge < -0.3 is 4.90 Å². The van der Waals surface area contributed by atoms with Crippen LogP contribution in [0.4, 0.5) is 0 Å². The molecule has 2 unspecified atom stereocenters. The van der Waals surface area contributed by atoms with Gasteiger partial charge in [0.2, 0.25) is 0 Å². The largest absolute Gasteiger partial charge is 0.330 e. The van der Waals surface area contributed by atoms with Crippen molar-refractivity contribution >= 4 is 17.2 Å². The molecule has 0 spiro atoms. The molecule has 1 amide bonds. The summed E-state index contributed by atoms with van der Waals surface area (Å²) in [6.07, 6.45) is 2.16. The van der Waals surface area contributed by atoms with Crippen LogP contribution in [0.5, 0.6) is 0 Å². The Labute approximate surface area is 145 Å². The summed E-state index contributed by atoms with van der Waals surface area (Å²) in [7, 11) is 0. The Morgan fingerprint density at radius 3 is 2.67 bits per heavy atom. The van der Waals surface area contributed by atoms with Gasteiger partial charge in [0.1, 0.15) is 0 Å². The number of hydrogen-bond donors (Lipinski definition) is 0. The van der Waals surface area contributed by atoms with Crippen LogP contribution in [0, 0.1) is 11.3 Å². The van der Waals surface area contributed by atoms with Crippen LogP contribution in [-0.2, 0) is 6.54 Å². The Morgan fingerprint density at radius 2 is 2.00 bits per heavy atom. The second-order valence-corrected chi connectivity index (χ2v) is 7.60. The van der Waals surface area contributed by atoms with E-state index in [1.165, 1.54) is 4.88 Å². The highest BCUT2D eigenvalue weighted by atomic mass is 32.1. The molecule has 2 atom stereocenters. The molecule has 2 saturated heterocycles. The normalized spacial score (nSPS) is 23.2. The predicted octanol–water partition coefficient (Wildman–Crippen LogP) is 3.11. The molecule has 4 nitrogen and oxygen atoms in total. The lowest BCUT2D eigenvalue weighted by Crippen LogP contribution is -2.55. The Kier molecular flexibility index (Phi) is 4.09. The number of rotatable bonds is 3. The highest BCUT2D eigenvalue weighted by molar-refractivity contribution is 7.09. The summed E-state index contributed by atoms with van der Waals surface area (Å²) in [6.45, 7) is 2.87. The molecule has 2 aliphatic rings.